The molecule has 0 aromatic heterocycles. The molecule has 0 saturated carbocycles. The second-order valence-electron chi connectivity index (χ2n) is 6.90. The van der Waals surface area contributed by atoms with Gasteiger partial charge in [-0.3, -0.25) is 4.79 Å². The summed E-state index contributed by atoms with van der Waals surface area (Å²) in [6, 6.07) is 10.1. The van der Waals surface area contributed by atoms with Gasteiger partial charge in [0, 0.05) is 12.1 Å². The van der Waals surface area contributed by atoms with Crippen LogP contribution < -0.4 is 9.47 Å². The number of methoxy groups -OCH3 is 2. The van der Waals surface area contributed by atoms with E-state index in [-0.39, 0.29) is 23.3 Å². The first-order valence-corrected chi connectivity index (χ1v) is 9.43. The third-order valence-electron chi connectivity index (χ3n) is 5.15. The summed E-state index contributed by atoms with van der Waals surface area (Å²) in [6.45, 7) is 1.86. The Morgan fingerprint density at radius 3 is 2.69 bits per heavy atom. The average Bonchev–Trinajstić information content (AvgIpc) is 3.23. The minimum absolute atomic E-state index is 0.0465. The minimum Gasteiger partial charge on any atom is -0.507 e. The SMILES string of the molecule is COc1ccc(OC)c([C@@H]2CCCN2C(=O)COC(=O)c2cccc(C)c2O)c1. The first-order valence-electron chi connectivity index (χ1n) is 9.43. The summed E-state index contributed by atoms with van der Waals surface area (Å²) >= 11 is 0. The number of rotatable bonds is 6. The monoisotopic (exact) mass is 399 g/mol. The second-order valence-corrected chi connectivity index (χ2v) is 6.90. The molecule has 2 aromatic rings. The van der Waals surface area contributed by atoms with Crippen molar-refractivity contribution in [3.05, 3.63) is 53.1 Å². The third-order valence-corrected chi connectivity index (χ3v) is 5.15. The Hall–Kier alpha value is -3.22. The van der Waals surface area contributed by atoms with Crippen molar-refractivity contribution in [2.75, 3.05) is 27.4 Å². The predicted octanol–water partition coefficient (Wildman–Crippen LogP) is 3.24. The summed E-state index contributed by atoms with van der Waals surface area (Å²) < 4.78 is 15.9. The van der Waals surface area contributed by atoms with E-state index in [1.54, 1.807) is 44.2 Å². The summed E-state index contributed by atoms with van der Waals surface area (Å²) in [7, 11) is 3.17. The predicted molar refractivity (Wildman–Crippen MR) is 106 cm³/mol. The highest BCUT2D eigenvalue weighted by atomic mass is 16.5. The van der Waals surface area contributed by atoms with Crippen LogP contribution in [-0.4, -0.2) is 49.3 Å². The molecule has 0 bridgehead atoms. The fraction of sp³-hybridized carbons (Fsp3) is 0.364. The molecule has 7 nitrogen and oxygen atoms in total. The van der Waals surface area contributed by atoms with Gasteiger partial charge in [-0.1, -0.05) is 12.1 Å². The van der Waals surface area contributed by atoms with Crippen LogP contribution in [0.15, 0.2) is 36.4 Å². The third kappa shape index (κ3) is 4.29. The van der Waals surface area contributed by atoms with Gasteiger partial charge >= 0.3 is 5.97 Å². The Balaban J connectivity index is 1.72. The fourth-order valence-corrected chi connectivity index (χ4v) is 3.60. The maximum absolute atomic E-state index is 12.8. The van der Waals surface area contributed by atoms with E-state index >= 15 is 0 Å². The zero-order valence-corrected chi connectivity index (χ0v) is 16.8. The number of carbonyl (C=O) groups excluding carboxylic acids is 2. The van der Waals surface area contributed by atoms with E-state index in [0.717, 1.165) is 18.4 Å². The topological polar surface area (TPSA) is 85.3 Å². The first kappa shape index (κ1) is 20.5. The van der Waals surface area contributed by atoms with Gasteiger partial charge in [-0.2, -0.15) is 0 Å². The summed E-state index contributed by atoms with van der Waals surface area (Å²) in [5.41, 5.74) is 1.47. The number of aryl methyl sites for hydroxylation is 1. The van der Waals surface area contributed by atoms with Crippen LogP contribution in [0.1, 0.15) is 40.4 Å². The lowest BCUT2D eigenvalue weighted by atomic mass is 10.0. The minimum atomic E-state index is -0.728. The quantitative estimate of drug-likeness (QED) is 0.751. The maximum Gasteiger partial charge on any atom is 0.342 e. The van der Waals surface area contributed by atoms with Crippen LogP contribution in [-0.2, 0) is 9.53 Å². The van der Waals surface area contributed by atoms with Crippen LogP contribution in [0, 0.1) is 6.92 Å². The van der Waals surface area contributed by atoms with Crippen LogP contribution >= 0.6 is 0 Å². The van der Waals surface area contributed by atoms with E-state index in [0.29, 0.717) is 23.6 Å². The Morgan fingerprint density at radius 1 is 1.17 bits per heavy atom. The van der Waals surface area contributed by atoms with Gasteiger partial charge in [0.15, 0.2) is 6.61 Å². The molecule has 0 radical (unpaired) electrons. The molecular formula is C22H25NO6. The molecule has 0 aliphatic carbocycles. The number of nitrogens with zero attached hydrogens (tertiary/aromatic N) is 1. The molecular weight excluding hydrogens is 374 g/mol. The van der Waals surface area contributed by atoms with E-state index in [9.17, 15) is 14.7 Å². The van der Waals surface area contributed by atoms with Crippen LogP contribution in [0.4, 0.5) is 0 Å². The Labute approximate surface area is 169 Å². The van der Waals surface area contributed by atoms with Gasteiger partial charge < -0.3 is 24.2 Å². The van der Waals surface area contributed by atoms with Crippen LogP contribution in [0.5, 0.6) is 17.2 Å². The van der Waals surface area contributed by atoms with Crippen molar-refractivity contribution in [3.8, 4) is 17.2 Å². The molecule has 1 fully saturated rings. The van der Waals surface area contributed by atoms with Crippen LogP contribution in [0.2, 0.25) is 0 Å². The average molecular weight is 399 g/mol. The van der Waals surface area contributed by atoms with Crippen molar-refractivity contribution in [1.29, 1.82) is 0 Å². The Bertz CT molecular complexity index is 910. The molecule has 2 aromatic carbocycles. The molecule has 1 aliphatic rings. The number of ether oxygens (including phenoxy) is 3. The lowest BCUT2D eigenvalue weighted by Gasteiger charge is -2.26. The molecule has 154 valence electrons. The van der Waals surface area contributed by atoms with Gasteiger partial charge in [-0.25, -0.2) is 4.79 Å². The molecule has 1 N–H and O–H groups in total. The number of amides is 1. The van der Waals surface area contributed by atoms with Gasteiger partial charge in [-0.05, 0) is 49.6 Å². The van der Waals surface area contributed by atoms with Crippen molar-refractivity contribution in [2.24, 2.45) is 0 Å². The molecule has 1 heterocycles. The summed E-state index contributed by atoms with van der Waals surface area (Å²) in [4.78, 5) is 26.8. The van der Waals surface area contributed by atoms with Gasteiger partial charge in [-0.15, -0.1) is 0 Å². The fourth-order valence-electron chi connectivity index (χ4n) is 3.60. The van der Waals surface area contributed by atoms with Crippen LogP contribution in [0.25, 0.3) is 0 Å². The number of carbonyl (C=O) groups is 2. The van der Waals surface area contributed by atoms with Crippen molar-refractivity contribution in [2.45, 2.75) is 25.8 Å². The zero-order valence-electron chi connectivity index (χ0n) is 16.8. The van der Waals surface area contributed by atoms with E-state index in [1.165, 1.54) is 6.07 Å². The zero-order chi connectivity index (χ0) is 21.0. The molecule has 3 rings (SSSR count). The summed E-state index contributed by atoms with van der Waals surface area (Å²) in [5.74, 6) is 0.205. The molecule has 0 spiro atoms. The van der Waals surface area contributed by atoms with E-state index in [4.69, 9.17) is 14.2 Å². The highest BCUT2D eigenvalue weighted by molar-refractivity contribution is 5.94. The van der Waals surface area contributed by atoms with Crippen LogP contribution in [0.3, 0.4) is 0 Å². The van der Waals surface area contributed by atoms with Gasteiger partial charge in [0.25, 0.3) is 5.91 Å². The van der Waals surface area contributed by atoms with E-state index in [1.807, 2.05) is 12.1 Å². The van der Waals surface area contributed by atoms with Gasteiger partial charge in [0.1, 0.15) is 22.8 Å². The highest BCUT2D eigenvalue weighted by Gasteiger charge is 2.32. The number of phenols is 1. The number of benzene rings is 2. The number of aromatic hydroxyl groups is 1. The number of para-hydroxylation sites is 1. The summed E-state index contributed by atoms with van der Waals surface area (Å²) in [6.07, 6.45) is 1.62. The van der Waals surface area contributed by atoms with E-state index in [2.05, 4.69) is 0 Å². The van der Waals surface area contributed by atoms with Gasteiger partial charge in [0.05, 0.1) is 20.3 Å². The normalized spacial score (nSPS) is 15.8. The lowest BCUT2D eigenvalue weighted by Crippen LogP contribution is -2.34. The highest BCUT2D eigenvalue weighted by Crippen LogP contribution is 2.39. The number of esters is 1. The number of hydrogen-bond acceptors (Lipinski definition) is 6. The second kappa shape index (κ2) is 8.86. The van der Waals surface area contributed by atoms with Gasteiger partial charge in [0.2, 0.25) is 0 Å². The number of likely N-dealkylation sites (tertiary alicyclic amines) is 1. The first-order chi connectivity index (χ1) is 14.0. The Morgan fingerprint density at radius 2 is 1.97 bits per heavy atom. The van der Waals surface area contributed by atoms with Crippen molar-refractivity contribution in [3.63, 3.8) is 0 Å². The number of phenolic OH excluding ortho intramolecular Hbond substituents is 1. The number of hydrogen-bond donors (Lipinski definition) is 1. The molecule has 1 amide bonds. The summed E-state index contributed by atoms with van der Waals surface area (Å²) in [5, 5.41) is 10.0. The molecule has 1 atom stereocenters. The lowest BCUT2D eigenvalue weighted by molar-refractivity contribution is -0.135. The maximum atomic E-state index is 12.8. The smallest absolute Gasteiger partial charge is 0.342 e. The molecule has 1 aliphatic heterocycles. The largest absolute Gasteiger partial charge is 0.507 e. The molecule has 7 heteroatoms. The Kier molecular flexibility index (Phi) is 6.26. The van der Waals surface area contributed by atoms with E-state index < -0.39 is 12.6 Å². The molecule has 0 unspecified atom stereocenters. The van der Waals surface area contributed by atoms with Crippen molar-refractivity contribution < 1.29 is 28.9 Å². The van der Waals surface area contributed by atoms with Crippen molar-refractivity contribution >= 4 is 11.9 Å². The molecule has 29 heavy (non-hydrogen) atoms. The molecule has 1 saturated heterocycles. The standard InChI is InChI=1S/C22H25NO6/c1-14-6-4-7-16(21(14)25)22(26)29-13-20(24)23-11-5-8-18(23)17-12-15(27-2)9-10-19(17)28-3/h4,6-7,9-10,12,18,25H,5,8,11,13H2,1-3H3/t18-/m0/s1. The van der Waals surface area contributed by atoms with Crippen molar-refractivity contribution in [1.82, 2.24) is 4.90 Å².